The molecule has 1 aromatic rings. The fourth-order valence-corrected chi connectivity index (χ4v) is 6.01. The number of hydrogen-bond donors (Lipinski definition) is 2. The van der Waals surface area contributed by atoms with E-state index in [4.69, 9.17) is 5.73 Å². The molecule has 2 atom stereocenters. The predicted molar refractivity (Wildman–Crippen MR) is 93.2 cm³/mol. The smallest absolute Gasteiger partial charge is 0.241 e. The molecule has 118 valence electrons. The number of benzene rings is 1. The van der Waals surface area contributed by atoms with Gasteiger partial charge in [-0.3, -0.25) is 0 Å². The van der Waals surface area contributed by atoms with Crippen molar-refractivity contribution in [3.63, 3.8) is 0 Å². The molecule has 2 unspecified atom stereocenters. The Bertz CT molecular complexity index is 620. The van der Waals surface area contributed by atoms with E-state index < -0.39 is 10.0 Å². The number of anilines is 1. The summed E-state index contributed by atoms with van der Waals surface area (Å²) in [6, 6.07) is 3.29. The van der Waals surface area contributed by atoms with E-state index in [2.05, 4.69) is 27.6 Å². The van der Waals surface area contributed by atoms with Crippen molar-refractivity contribution in [2.45, 2.75) is 49.3 Å². The van der Waals surface area contributed by atoms with E-state index in [0.29, 0.717) is 16.5 Å². The summed E-state index contributed by atoms with van der Waals surface area (Å²) in [4.78, 5) is 0.273. The van der Waals surface area contributed by atoms with Gasteiger partial charge < -0.3 is 5.73 Å². The molecule has 21 heavy (non-hydrogen) atoms. The van der Waals surface area contributed by atoms with Crippen LogP contribution in [-0.2, 0) is 10.0 Å². The molecule has 1 aliphatic carbocycles. The Balaban J connectivity index is 2.24. The summed E-state index contributed by atoms with van der Waals surface area (Å²) in [5.41, 5.74) is 6.96. The minimum Gasteiger partial charge on any atom is -0.398 e. The van der Waals surface area contributed by atoms with E-state index >= 15 is 0 Å². The van der Waals surface area contributed by atoms with Gasteiger partial charge in [0, 0.05) is 21.5 Å². The van der Waals surface area contributed by atoms with Gasteiger partial charge in [-0.2, -0.15) is 11.8 Å². The molecular weight excluding hydrogens is 372 g/mol. The van der Waals surface area contributed by atoms with E-state index in [0.717, 1.165) is 29.5 Å². The van der Waals surface area contributed by atoms with Crippen molar-refractivity contribution in [2.75, 3.05) is 11.5 Å². The molecule has 1 saturated carbocycles. The Morgan fingerprint density at radius 2 is 2.14 bits per heavy atom. The van der Waals surface area contributed by atoms with Crippen LogP contribution in [0.5, 0.6) is 0 Å². The lowest BCUT2D eigenvalue weighted by molar-refractivity contribution is 0.554. The second-order valence-corrected chi connectivity index (χ2v) is 9.34. The number of hydrogen-bond acceptors (Lipinski definition) is 4. The quantitative estimate of drug-likeness (QED) is 0.753. The highest BCUT2D eigenvalue weighted by molar-refractivity contribution is 9.10. The van der Waals surface area contributed by atoms with Gasteiger partial charge in [0.2, 0.25) is 10.0 Å². The number of sulfonamides is 1. The zero-order valence-electron chi connectivity index (χ0n) is 12.2. The lowest BCUT2D eigenvalue weighted by Gasteiger charge is -2.21. The minimum absolute atomic E-state index is 0.0178. The Morgan fingerprint density at radius 1 is 1.43 bits per heavy atom. The summed E-state index contributed by atoms with van der Waals surface area (Å²) in [5.74, 6) is 1.01. The fraction of sp³-hybridized carbons (Fsp3) is 0.571. The summed E-state index contributed by atoms with van der Waals surface area (Å²) >= 11 is 5.16. The molecule has 0 aliphatic heterocycles. The highest BCUT2D eigenvalue weighted by atomic mass is 79.9. The van der Waals surface area contributed by atoms with Crippen molar-refractivity contribution in [3.8, 4) is 0 Å². The van der Waals surface area contributed by atoms with E-state index in [1.54, 1.807) is 13.0 Å². The lowest BCUT2D eigenvalue weighted by atomic mass is 10.2. The Labute approximate surface area is 139 Å². The van der Waals surface area contributed by atoms with Crippen LogP contribution in [0.15, 0.2) is 21.5 Å². The molecule has 0 bridgehead atoms. The second kappa shape index (κ2) is 6.89. The third-order valence-corrected chi connectivity index (χ3v) is 7.37. The number of nitrogen functional groups attached to an aromatic ring is 1. The Hall–Kier alpha value is -0.240. The molecule has 3 N–H and O–H groups in total. The van der Waals surface area contributed by atoms with E-state index in [1.807, 2.05) is 11.8 Å². The molecule has 7 heteroatoms. The molecule has 0 saturated heterocycles. The number of halogens is 1. The molecule has 0 aromatic heterocycles. The van der Waals surface area contributed by atoms with Crippen LogP contribution in [0.3, 0.4) is 0 Å². The van der Waals surface area contributed by atoms with Gasteiger partial charge in [0.25, 0.3) is 0 Å². The molecule has 1 aliphatic rings. The van der Waals surface area contributed by atoms with Crippen LogP contribution in [0.4, 0.5) is 5.69 Å². The highest BCUT2D eigenvalue weighted by Gasteiger charge is 2.31. The van der Waals surface area contributed by atoms with E-state index in [9.17, 15) is 8.42 Å². The predicted octanol–water partition coefficient (Wildman–Crippen LogP) is 3.29. The summed E-state index contributed by atoms with van der Waals surface area (Å²) in [7, 11) is -3.53. The largest absolute Gasteiger partial charge is 0.398 e. The van der Waals surface area contributed by atoms with Crippen LogP contribution in [0.25, 0.3) is 0 Å². The average molecular weight is 393 g/mol. The van der Waals surface area contributed by atoms with Gasteiger partial charge in [0.1, 0.15) is 0 Å². The molecule has 1 aromatic carbocycles. The van der Waals surface area contributed by atoms with Crippen LogP contribution < -0.4 is 10.5 Å². The van der Waals surface area contributed by atoms with Crippen LogP contribution in [-0.4, -0.2) is 25.5 Å². The van der Waals surface area contributed by atoms with Crippen molar-refractivity contribution < 1.29 is 8.42 Å². The monoisotopic (exact) mass is 392 g/mol. The van der Waals surface area contributed by atoms with E-state index in [-0.39, 0.29) is 10.9 Å². The van der Waals surface area contributed by atoms with Gasteiger partial charge >= 0.3 is 0 Å². The molecule has 2 rings (SSSR count). The van der Waals surface area contributed by atoms with Crippen molar-refractivity contribution in [1.29, 1.82) is 0 Å². The van der Waals surface area contributed by atoms with Gasteiger partial charge in [0.15, 0.2) is 0 Å². The summed E-state index contributed by atoms with van der Waals surface area (Å²) in [5, 5.41) is 0.373. The first-order chi connectivity index (χ1) is 9.85. The lowest BCUT2D eigenvalue weighted by Crippen LogP contribution is -2.39. The van der Waals surface area contributed by atoms with Gasteiger partial charge in [-0.05, 0) is 59.1 Å². The zero-order chi connectivity index (χ0) is 15.6. The van der Waals surface area contributed by atoms with Crippen molar-refractivity contribution in [3.05, 3.63) is 22.2 Å². The molecular formula is C14H21BrN2O2S2. The third-order valence-electron chi connectivity index (χ3n) is 3.72. The number of aryl methyl sites for hydroxylation is 1. The molecule has 0 amide bonds. The third kappa shape index (κ3) is 3.94. The van der Waals surface area contributed by atoms with Crippen LogP contribution >= 0.6 is 27.7 Å². The normalized spacial score (nSPS) is 22.6. The maximum absolute atomic E-state index is 12.6. The van der Waals surface area contributed by atoms with Crippen LogP contribution in [0, 0.1) is 6.92 Å². The topological polar surface area (TPSA) is 72.2 Å². The number of nitrogens with one attached hydrogen (secondary N) is 1. The Morgan fingerprint density at radius 3 is 2.81 bits per heavy atom. The molecule has 0 spiro atoms. The fourth-order valence-electron chi connectivity index (χ4n) is 2.70. The van der Waals surface area contributed by atoms with Gasteiger partial charge in [0.05, 0.1) is 4.90 Å². The summed E-state index contributed by atoms with van der Waals surface area (Å²) < 4.78 is 28.9. The first-order valence-electron chi connectivity index (χ1n) is 7.04. The number of nitrogens with two attached hydrogens (primary N) is 1. The summed E-state index contributed by atoms with van der Waals surface area (Å²) in [6.07, 6.45) is 3.06. The first-order valence-corrected chi connectivity index (χ1v) is 10.4. The molecule has 4 nitrogen and oxygen atoms in total. The maximum atomic E-state index is 12.6. The minimum atomic E-state index is -3.53. The number of rotatable bonds is 5. The SMILES string of the molecule is CCSC1CCCC1NS(=O)(=O)c1cc(N)c(Br)cc1C. The first kappa shape index (κ1) is 17.1. The molecule has 0 radical (unpaired) electrons. The Kier molecular flexibility index (Phi) is 5.62. The van der Waals surface area contributed by atoms with Crippen molar-refractivity contribution in [2.24, 2.45) is 0 Å². The summed E-state index contributed by atoms with van der Waals surface area (Å²) in [6.45, 7) is 3.89. The highest BCUT2D eigenvalue weighted by Crippen LogP contribution is 2.32. The van der Waals surface area contributed by atoms with Crippen molar-refractivity contribution >= 4 is 43.4 Å². The van der Waals surface area contributed by atoms with Gasteiger partial charge in [-0.25, -0.2) is 13.1 Å². The van der Waals surface area contributed by atoms with Crippen LogP contribution in [0.2, 0.25) is 0 Å². The number of thioether (sulfide) groups is 1. The second-order valence-electron chi connectivity index (χ2n) is 5.29. The zero-order valence-corrected chi connectivity index (χ0v) is 15.4. The van der Waals surface area contributed by atoms with E-state index in [1.165, 1.54) is 6.07 Å². The average Bonchev–Trinajstić information content (AvgIpc) is 2.81. The van der Waals surface area contributed by atoms with Crippen LogP contribution in [0.1, 0.15) is 31.7 Å². The maximum Gasteiger partial charge on any atom is 0.241 e. The van der Waals surface area contributed by atoms with Crippen molar-refractivity contribution in [1.82, 2.24) is 4.72 Å². The standard InChI is InChI=1S/C14H21BrN2O2S2/c1-3-20-13-6-4-5-12(13)17-21(18,19)14-8-11(16)10(15)7-9(14)2/h7-8,12-13,17H,3-6,16H2,1-2H3. The molecule has 0 heterocycles. The van der Waals surface area contributed by atoms with Gasteiger partial charge in [-0.15, -0.1) is 0 Å². The van der Waals surface area contributed by atoms with Gasteiger partial charge in [-0.1, -0.05) is 13.3 Å². The molecule has 1 fully saturated rings.